The Bertz CT molecular complexity index is 1550. The Morgan fingerprint density at radius 2 is 1.55 bits per heavy atom. The van der Waals surface area contributed by atoms with Crippen LogP contribution in [0.5, 0.6) is 0 Å². The van der Waals surface area contributed by atoms with Crippen LogP contribution in [0, 0.1) is 28.3 Å². The summed E-state index contributed by atoms with van der Waals surface area (Å²) in [6.07, 6.45) is 0.606. The molecule has 0 saturated heterocycles. The third kappa shape index (κ3) is 7.57. The molecule has 2 aromatic carbocycles. The summed E-state index contributed by atoms with van der Waals surface area (Å²) >= 11 is 0. The van der Waals surface area contributed by atoms with Crippen molar-refractivity contribution in [1.82, 2.24) is 4.90 Å². The van der Waals surface area contributed by atoms with E-state index in [0.29, 0.717) is 13.0 Å². The van der Waals surface area contributed by atoms with Crippen molar-refractivity contribution in [3.05, 3.63) is 57.5 Å². The predicted molar refractivity (Wildman–Crippen MR) is 157 cm³/mol. The number of fused-ring (bicyclic) bond motifs is 1. The highest BCUT2D eigenvalue weighted by atomic mass is 19.1. The van der Waals surface area contributed by atoms with Crippen molar-refractivity contribution in [3.8, 4) is 11.3 Å². The average molecular weight is 590 g/mol. The molecule has 2 amide bonds. The van der Waals surface area contributed by atoms with E-state index in [-0.39, 0.29) is 23.6 Å². The number of hydrogen-bond acceptors (Lipinski definition) is 6. The minimum absolute atomic E-state index is 0.0748. The van der Waals surface area contributed by atoms with Crippen LogP contribution in [0.25, 0.3) is 22.3 Å². The van der Waals surface area contributed by atoms with Gasteiger partial charge in [-0.2, -0.15) is 0 Å². The van der Waals surface area contributed by atoms with Crippen LogP contribution in [0.2, 0.25) is 0 Å². The van der Waals surface area contributed by atoms with Gasteiger partial charge in [0.1, 0.15) is 11.6 Å². The van der Waals surface area contributed by atoms with Gasteiger partial charge in [-0.1, -0.05) is 41.5 Å². The van der Waals surface area contributed by atoms with Gasteiger partial charge >= 0.3 is 0 Å². The quantitative estimate of drug-likeness (QED) is 0.284. The second-order valence-electron chi connectivity index (χ2n) is 12.5. The first-order valence-corrected chi connectivity index (χ1v) is 13.5. The lowest BCUT2D eigenvalue weighted by molar-refractivity contribution is -0.123. The molecule has 0 saturated carbocycles. The fraction of sp³-hybridized carbons (Fsp3) is 0.452. The molecule has 1 heterocycles. The first kappa shape index (κ1) is 32.8. The van der Waals surface area contributed by atoms with Crippen LogP contribution in [-0.2, 0) is 20.9 Å². The van der Waals surface area contributed by atoms with Gasteiger partial charge in [-0.25, -0.2) is 13.2 Å². The fourth-order valence-electron chi connectivity index (χ4n) is 3.80. The van der Waals surface area contributed by atoms with E-state index in [1.807, 2.05) is 19.0 Å². The Morgan fingerprint density at radius 1 is 0.929 bits per heavy atom. The van der Waals surface area contributed by atoms with Crippen molar-refractivity contribution in [2.75, 3.05) is 37.9 Å². The van der Waals surface area contributed by atoms with Crippen LogP contribution in [0.1, 0.15) is 53.5 Å². The highest BCUT2D eigenvalue weighted by Gasteiger charge is 2.29. The summed E-state index contributed by atoms with van der Waals surface area (Å²) in [5, 5.41) is 4.42. The zero-order chi connectivity index (χ0) is 31.6. The van der Waals surface area contributed by atoms with Gasteiger partial charge in [-0.05, 0) is 45.3 Å². The Balaban J connectivity index is 2.13. The molecule has 0 unspecified atom stereocenters. The van der Waals surface area contributed by atoms with Crippen LogP contribution >= 0.6 is 0 Å². The number of hydrogen-bond donors (Lipinski definition) is 2. The predicted octanol–water partition coefficient (Wildman–Crippen LogP) is 6.31. The molecule has 8 nitrogen and oxygen atoms in total. The average Bonchev–Trinajstić information content (AvgIpc) is 2.87. The fourth-order valence-corrected chi connectivity index (χ4v) is 3.80. The van der Waals surface area contributed by atoms with E-state index >= 15 is 8.78 Å². The number of ether oxygens (including phenoxy) is 1. The molecule has 1 aromatic heterocycles. The standard InChI is InChI=1S/C31H38F3N3O5/c1-30(2,3)28(39)35-20-11-10-17(14-19(20)32)22-15-21(38)23-26(36-29(40)31(4,5)6)24(33)18(25(34)27(23)42-22)16-41-13-9-12-37(7)8/h10-11,14-15H,9,12-13,16H2,1-8H3,(H,35,39)(H,36,40). The van der Waals surface area contributed by atoms with Gasteiger partial charge in [0.05, 0.1) is 28.9 Å². The normalized spacial score (nSPS) is 12.2. The lowest BCUT2D eigenvalue weighted by Crippen LogP contribution is -2.29. The van der Waals surface area contributed by atoms with Crippen molar-refractivity contribution in [3.63, 3.8) is 0 Å². The van der Waals surface area contributed by atoms with E-state index in [9.17, 15) is 18.8 Å². The molecule has 0 aliphatic rings. The second kappa shape index (κ2) is 12.7. The lowest BCUT2D eigenvalue weighted by Gasteiger charge is -2.20. The molecule has 0 aliphatic carbocycles. The molecular weight excluding hydrogens is 551 g/mol. The molecule has 0 bridgehead atoms. The van der Waals surface area contributed by atoms with Crippen LogP contribution < -0.4 is 16.1 Å². The first-order valence-electron chi connectivity index (χ1n) is 13.5. The SMILES string of the molecule is CN(C)CCCOCc1c(F)c(NC(=O)C(C)(C)C)c2c(=O)cc(-c3ccc(NC(=O)C(C)(C)C)c(F)c3)oc2c1F. The highest BCUT2D eigenvalue weighted by molar-refractivity contribution is 6.03. The molecule has 3 aromatic rings. The summed E-state index contributed by atoms with van der Waals surface area (Å²) in [7, 11) is 3.77. The maximum Gasteiger partial charge on any atom is 0.229 e. The van der Waals surface area contributed by atoms with Gasteiger partial charge in [0.25, 0.3) is 0 Å². The van der Waals surface area contributed by atoms with E-state index in [2.05, 4.69) is 10.6 Å². The molecule has 0 radical (unpaired) electrons. The number of nitrogens with one attached hydrogen (secondary N) is 2. The number of rotatable bonds is 9. The van der Waals surface area contributed by atoms with Gasteiger partial charge in [0.2, 0.25) is 11.8 Å². The van der Waals surface area contributed by atoms with Crippen molar-refractivity contribution >= 4 is 34.2 Å². The number of nitrogens with zero attached hydrogens (tertiary/aromatic N) is 1. The summed E-state index contributed by atoms with van der Waals surface area (Å²) in [6, 6.07) is 4.68. The molecule has 42 heavy (non-hydrogen) atoms. The summed E-state index contributed by atoms with van der Waals surface area (Å²) in [4.78, 5) is 40.3. The summed E-state index contributed by atoms with van der Waals surface area (Å²) in [5.41, 5.74) is -4.25. The summed E-state index contributed by atoms with van der Waals surface area (Å²) < 4.78 is 57.7. The highest BCUT2D eigenvalue weighted by Crippen LogP contribution is 2.35. The van der Waals surface area contributed by atoms with Gasteiger partial charge in [0, 0.05) is 29.1 Å². The Morgan fingerprint density at radius 3 is 2.12 bits per heavy atom. The largest absolute Gasteiger partial charge is 0.453 e. The maximum absolute atomic E-state index is 15.8. The molecular formula is C31H38F3N3O5. The van der Waals surface area contributed by atoms with Gasteiger partial charge in [-0.15, -0.1) is 0 Å². The minimum atomic E-state index is -1.17. The van der Waals surface area contributed by atoms with Crippen LogP contribution in [0.15, 0.2) is 33.5 Å². The smallest absolute Gasteiger partial charge is 0.229 e. The number of carbonyl (C=O) groups excluding carboxylic acids is 2. The third-order valence-corrected chi connectivity index (χ3v) is 6.39. The van der Waals surface area contributed by atoms with Gasteiger partial charge < -0.3 is 24.7 Å². The van der Waals surface area contributed by atoms with Crippen molar-refractivity contribution in [1.29, 1.82) is 0 Å². The van der Waals surface area contributed by atoms with Crippen LogP contribution in [0.4, 0.5) is 24.5 Å². The van der Waals surface area contributed by atoms with Crippen LogP contribution in [0.3, 0.4) is 0 Å². The topological polar surface area (TPSA) is 101 Å². The molecule has 2 N–H and O–H groups in total. The van der Waals surface area contributed by atoms with E-state index < -0.39 is 74.4 Å². The van der Waals surface area contributed by atoms with Gasteiger partial charge in [-0.3, -0.25) is 14.4 Å². The Kier molecular flexibility index (Phi) is 9.89. The van der Waals surface area contributed by atoms with E-state index in [1.165, 1.54) is 12.1 Å². The van der Waals surface area contributed by atoms with Crippen molar-refractivity contribution in [2.24, 2.45) is 10.8 Å². The molecule has 0 spiro atoms. The molecule has 228 valence electrons. The van der Waals surface area contributed by atoms with Gasteiger partial charge in [0.15, 0.2) is 22.6 Å². The second-order valence-corrected chi connectivity index (χ2v) is 12.5. The molecule has 11 heteroatoms. The molecule has 0 atom stereocenters. The first-order chi connectivity index (χ1) is 19.4. The lowest BCUT2D eigenvalue weighted by atomic mass is 9.95. The monoisotopic (exact) mass is 589 g/mol. The number of carbonyl (C=O) groups is 2. The van der Waals surface area contributed by atoms with Crippen molar-refractivity contribution < 1.29 is 31.9 Å². The number of halogens is 3. The molecule has 0 fully saturated rings. The zero-order valence-corrected chi connectivity index (χ0v) is 25.3. The van der Waals surface area contributed by atoms with E-state index in [4.69, 9.17) is 9.15 Å². The maximum atomic E-state index is 15.8. The number of benzene rings is 2. The number of amides is 2. The Hall–Kier alpha value is -3.70. The number of anilines is 2. The minimum Gasteiger partial charge on any atom is -0.453 e. The molecule has 3 rings (SSSR count). The Labute approximate surface area is 243 Å². The van der Waals surface area contributed by atoms with E-state index in [1.54, 1.807) is 41.5 Å². The summed E-state index contributed by atoms with van der Waals surface area (Å²) in [5.74, 6) is -4.33. The third-order valence-electron chi connectivity index (χ3n) is 6.39. The van der Waals surface area contributed by atoms with Crippen molar-refractivity contribution in [2.45, 2.75) is 54.6 Å². The molecule has 0 aliphatic heterocycles. The van der Waals surface area contributed by atoms with E-state index in [0.717, 1.165) is 12.1 Å². The summed E-state index contributed by atoms with van der Waals surface area (Å²) in [6.45, 7) is 10.3. The zero-order valence-electron chi connectivity index (χ0n) is 25.3. The van der Waals surface area contributed by atoms with Crippen LogP contribution in [-0.4, -0.2) is 44.0 Å².